The Morgan fingerprint density at radius 1 is 1.61 bits per heavy atom. The summed E-state index contributed by atoms with van der Waals surface area (Å²) in [6, 6.07) is 0. The lowest BCUT2D eigenvalue weighted by Gasteiger charge is -2.25. The second-order valence-electron chi connectivity index (χ2n) is 5.19. The third-order valence-electron chi connectivity index (χ3n) is 3.91. The van der Waals surface area contributed by atoms with Crippen LogP contribution in [-0.2, 0) is 4.74 Å². The third kappa shape index (κ3) is 2.14. The molecule has 1 aliphatic rings. The molecule has 0 bridgehead atoms. The van der Waals surface area contributed by atoms with Crippen molar-refractivity contribution in [3.63, 3.8) is 0 Å². The number of hydrogen-bond donors (Lipinski definition) is 4. The van der Waals surface area contributed by atoms with Gasteiger partial charge >= 0.3 is 0 Å². The van der Waals surface area contributed by atoms with Gasteiger partial charge in [0.2, 0.25) is 11.6 Å². The summed E-state index contributed by atoms with van der Waals surface area (Å²) in [6.07, 6.45) is -1.70. The Kier molecular flexibility index (Phi) is 3.66. The fourth-order valence-electron chi connectivity index (χ4n) is 2.70. The van der Waals surface area contributed by atoms with Gasteiger partial charge < -0.3 is 26.0 Å². The number of hydrogen-bond acceptors (Lipinski definition) is 8. The average Bonchev–Trinajstić information content (AvgIpc) is 3.07. The molecule has 5 N–H and O–H groups in total. The van der Waals surface area contributed by atoms with Crippen molar-refractivity contribution in [3.05, 3.63) is 19.0 Å². The SMILES string of the molecule is C=C[C@@]1(F)[C@H](O)[C@@H](CO)O[C@H]1n1cnc2c(NC)nc(N)nc21. The molecule has 0 unspecified atom stereocenters. The molecule has 3 rings (SSSR count). The van der Waals surface area contributed by atoms with Crippen molar-refractivity contribution >= 4 is 22.9 Å². The molecule has 4 atom stereocenters. The molecule has 0 radical (unpaired) electrons. The number of aromatic nitrogens is 4. The number of ether oxygens (including phenoxy) is 1. The van der Waals surface area contributed by atoms with Crippen LogP contribution in [0.25, 0.3) is 11.2 Å². The molecule has 2 aromatic rings. The van der Waals surface area contributed by atoms with E-state index in [4.69, 9.17) is 10.5 Å². The molecule has 1 saturated heterocycles. The van der Waals surface area contributed by atoms with Gasteiger partial charge in [-0.2, -0.15) is 9.97 Å². The van der Waals surface area contributed by atoms with Crippen LogP contribution in [0, 0.1) is 0 Å². The fraction of sp³-hybridized carbons (Fsp3) is 0.462. The number of halogens is 1. The van der Waals surface area contributed by atoms with Crippen LogP contribution in [0.5, 0.6) is 0 Å². The molecule has 2 aromatic heterocycles. The second kappa shape index (κ2) is 5.41. The number of nitrogens with zero attached hydrogens (tertiary/aromatic N) is 4. The summed E-state index contributed by atoms with van der Waals surface area (Å²) in [6.45, 7) is 2.89. The largest absolute Gasteiger partial charge is 0.394 e. The van der Waals surface area contributed by atoms with Crippen LogP contribution in [0.2, 0.25) is 0 Å². The number of anilines is 2. The number of aliphatic hydroxyl groups is 2. The highest BCUT2D eigenvalue weighted by molar-refractivity contribution is 5.84. The van der Waals surface area contributed by atoms with Crippen LogP contribution >= 0.6 is 0 Å². The Bertz CT molecular complexity index is 753. The minimum Gasteiger partial charge on any atom is -0.394 e. The van der Waals surface area contributed by atoms with E-state index in [0.717, 1.165) is 6.08 Å². The van der Waals surface area contributed by atoms with Gasteiger partial charge in [0.25, 0.3) is 0 Å². The molecule has 124 valence electrons. The number of fused-ring (bicyclic) bond motifs is 1. The molecule has 10 heteroatoms. The first-order valence-corrected chi connectivity index (χ1v) is 6.91. The molecule has 1 aliphatic heterocycles. The zero-order valence-electron chi connectivity index (χ0n) is 12.3. The first-order valence-electron chi connectivity index (χ1n) is 6.91. The van der Waals surface area contributed by atoms with Crippen molar-refractivity contribution in [3.8, 4) is 0 Å². The maximum absolute atomic E-state index is 15.2. The minimum atomic E-state index is -2.32. The Morgan fingerprint density at radius 3 is 2.96 bits per heavy atom. The highest BCUT2D eigenvalue weighted by Gasteiger charge is 2.56. The maximum Gasteiger partial charge on any atom is 0.224 e. The van der Waals surface area contributed by atoms with Crippen molar-refractivity contribution in [2.75, 3.05) is 24.7 Å². The van der Waals surface area contributed by atoms with Crippen LogP contribution in [-0.4, -0.2) is 61.3 Å². The van der Waals surface area contributed by atoms with E-state index in [1.807, 2.05) is 0 Å². The van der Waals surface area contributed by atoms with Gasteiger partial charge in [-0.15, -0.1) is 0 Å². The normalized spacial score (nSPS) is 30.7. The summed E-state index contributed by atoms with van der Waals surface area (Å²) in [5.41, 5.74) is 3.95. The Morgan fingerprint density at radius 2 is 2.35 bits per heavy atom. The summed E-state index contributed by atoms with van der Waals surface area (Å²) in [4.78, 5) is 12.2. The smallest absolute Gasteiger partial charge is 0.224 e. The van der Waals surface area contributed by atoms with Gasteiger partial charge in [-0.05, 0) is 6.08 Å². The first-order chi connectivity index (χ1) is 11.0. The van der Waals surface area contributed by atoms with E-state index in [1.165, 1.54) is 10.9 Å². The Balaban J connectivity index is 2.16. The zero-order chi connectivity index (χ0) is 16.8. The highest BCUT2D eigenvalue weighted by atomic mass is 19.1. The van der Waals surface area contributed by atoms with Gasteiger partial charge in [-0.3, -0.25) is 4.57 Å². The quantitative estimate of drug-likeness (QED) is 0.558. The average molecular weight is 324 g/mol. The van der Waals surface area contributed by atoms with Crippen molar-refractivity contribution < 1.29 is 19.3 Å². The zero-order valence-corrected chi connectivity index (χ0v) is 12.3. The lowest BCUT2D eigenvalue weighted by atomic mass is 9.96. The van der Waals surface area contributed by atoms with E-state index in [-0.39, 0.29) is 11.6 Å². The number of nitrogens with two attached hydrogens (primary N) is 1. The van der Waals surface area contributed by atoms with Crippen molar-refractivity contribution in [2.24, 2.45) is 0 Å². The predicted octanol–water partition coefficient (Wildman–Crippen LogP) is -0.405. The number of alkyl halides is 1. The number of nitrogens with one attached hydrogen (secondary N) is 1. The third-order valence-corrected chi connectivity index (χ3v) is 3.91. The molecule has 0 amide bonds. The van der Waals surface area contributed by atoms with Crippen molar-refractivity contribution in [2.45, 2.75) is 24.1 Å². The minimum absolute atomic E-state index is 0.0242. The lowest BCUT2D eigenvalue weighted by Crippen LogP contribution is -2.41. The molecular formula is C13H17FN6O3. The van der Waals surface area contributed by atoms with Gasteiger partial charge in [-0.1, -0.05) is 6.58 Å². The standard InChI is InChI=1S/C13H17FN6O3/c1-3-13(14)8(22)6(4-21)23-11(13)20-5-17-7-9(16-2)18-12(15)19-10(7)20/h3,5-6,8,11,21-22H,1,4H2,2H3,(H3,15,16,18,19)/t6-,8-,11-,13-/m1/s1. The Labute approximate surface area is 130 Å². The first kappa shape index (κ1) is 15.6. The molecule has 3 heterocycles. The number of nitrogen functional groups attached to an aromatic ring is 1. The van der Waals surface area contributed by atoms with Crippen molar-refractivity contribution in [1.82, 2.24) is 19.5 Å². The van der Waals surface area contributed by atoms with Gasteiger partial charge in [0, 0.05) is 7.05 Å². The molecule has 9 nitrogen and oxygen atoms in total. The maximum atomic E-state index is 15.2. The summed E-state index contributed by atoms with van der Waals surface area (Å²) < 4.78 is 21.9. The van der Waals surface area contributed by atoms with Crippen LogP contribution in [0.15, 0.2) is 19.0 Å². The summed E-state index contributed by atoms with van der Waals surface area (Å²) in [5, 5.41) is 22.1. The molecule has 1 fully saturated rings. The number of rotatable bonds is 4. The molecule has 0 saturated carbocycles. The highest BCUT2D eigenvalue weighted by Crippen LogP contribution is 2.43. The van der Waals surface area contributed by atoms with Crippen LogP contribution in [0.4, 0.5) is 16.2 Å². The fourth-order valence-corrected chi connectivity index (χ4v) is 2.70. The van der Waals surface area contributed by atoms with Gasteiger partial charge in [0.05, 0.1) is 12.9 Å². The molecule has 0 aromatic carbocycles. The number of aliphatic hydroxyl groups excluding tert-OH is 2. The molecular weight excluding hydrogens is 307 g/mol. The molecule has 23 heavy (non-hydrogen) atoms. The predicted molar refractivity (Wildman–Crippen MR) is 80.3 cm³/mol. The van der Waals surface area contributed by atoms with E-state index in [9.17, 15) is 10.2 Å². The van der Waals surface area contributed by atoms with Crippen LogP contribution < -0.4 is 11.1 Å². The van der Waals surface area contributed by atoms with Gasteiger partial charge in [0.1, 0.15) is 12.2 Å². The van der Waals surface area contributed by atoms with Gasteiger partial charge in [-0.25, -0.2) is 9.37 Å². The van der Waals surface area contributed by atoms with Crippen LogP contribution in [0.1, 0.15) is 6.23 Å². The molecule has 0 spiro atoms. The van der Waals surface area contributed by atoms with E-state index in [2.05, 4.69) is 26.8 Å². The van der Waals surface area contributed by atoms with Crippen LogP contribution in [0.3, 0.4) is 0 Å². The lowest BCUT2D eigenvalue weighted by molar-refractivity contribution is -0.0515. The van der Waals surface area contributed by atoms with E-state index in [1.54, 1.807) is 7.05 Å². The monoisotopic (exact) mass is 324 g/mol. The van der Waals surface area contributed by atoms with E-state index < -0.39 is 30.7 Å². The number of imidazole rings is 1. The second-order valence-corrected chi connectivity index (χ2v) is 5.19. The van der Waals surface area contributed by atoms with E-state index in [0.29, 0.717) is 11.3 Å². The summed E-state index contributed by atoms with van der Waals surface area (Å²) in [5.74, 6) is 0.357. The Hall–Kier alpha value is -2.30. The summed E-state index contributed by atoms with van der Waals surface area (Å²) >= 11 is 0. The van der Waals surface area contributed by atoms with E-state index >= 15 is 4.39 Å². The van der Waals surface area contributed by atoms with Gasteiger partial charge in [0.15, 0.2) is 23.2 Å². The van der Waals surface area contributed by atoms with Crippen molar-refractivity contribution in [1.29, 1.82) is 0 Å². The molecule has 0 aliphatic carbocycles. The summed E-state index contributed by atoms with van der Waals surface area (Å²) in [7, 11) is 1.64. The topological polar surface area (TPSA) is 131 Å².